The normalized spacial score (nSPS) is 12.0. The minimum absolute atomic E-state index is 0.0444. The third kappa shape index (κ3) is 3.18. The van der Waals surface area contributed by atoms with Crippen LogP contribution >= 0.6 is 0 Å². The molecule has 0 fully saturated rings. The Morgan fingerprint density at radius 1 is 1.18 bits per heavy atom. The van der Waals surface area contributed by atoms with Gasteiger partial charge in [-0.25, -0.2) is 4.79 Å². The molecule has 2 aromatic heterocycles. The van der Waals surface area contributed by atoms with Crippen LogP contribution in [0.5, 0.6) is 0 Å². The van der Waals surface area contributed by atoms with E-state index in [1.165, 1.54) is 24.3 Å². The molecule has 2 aromatic carbocycles. The van der Waals surface area contributed by atoms with Crippen LogP contribution in [0.2, 0.25) is 0 Å². The number of hydrogen-bond acceptors (Lipinski definition) is 8. The molecule has 0 saturated carbocycles. The van der Waals surface area contributed by atoms with Crippen molar-refractivity contribution in [1.29, 1.82) is 0 Å². The van der Waals surface area contributed by atoms with E-state index >= 15 is 0 Å². The lowest BCUT2D eigenvalue weighted by Crippen LogP contribution is -2.10. The van der Waals surface area contributed by atoms with E-state index in [9.17, 15) is 14.9 Å². The summed E-state index contributed by atoms with van der Waals surface area (Å²) in [6.45, 7) is 1.60. The maximum absolute atomic E-state index is 12.4. The maximum Gasteiger partial charge on any atom is 0.360 e. The molecule has 0 amide bonds. The van der Waals surface area contributed by atoms with E-state index in [1.54, 1.807) is 25.1 Å². The second-order valence-electron chi connectivity index (χ2n) is 5.91. The van der Waals surface area contributed by atoms with Crippen LogP contribution in [-0.4, -0.2) is 31.3 Å². The highest BCUT2D eigenvalue weighted by atomic mass is 16.6. The summed E-state index contributed by atoms with van der Waals surface area (Å²) in [6.07, 6.45) is -0.803. The molecular formula is C18H13N5O5. The van der Waals surface area contributed by atoms with E-state index in [2.05, 4.69) is 20.4 Å². The number of aromatic nitrogens is 4. The molecule has 2 heterocycles. The zero-order valence-corrected chi connectivity index (χ0v) is 14.5. The van der Waals surface area contributed by atoms with E-state index in [-0.39, 0.29) is 23.2 Å². The number of carbonyl (C=O) groups is 1. The van der Waals surface area contributed by atoms with Gasteiger partial charge in [0.15, 0.2) is 11.8 Å². The predicted octanol–water partition coefficient (Wildman–Crippen LogP) is 3.44. The Kier molecular flexibility index (Phi) is 4.28. The summed E-state index contributed by atoms with van der Waals surface area (Å²) in [5.74, 6) is -0.361. The third-order valence-corrected chi connectivity index (χ3v) is 4.06. The predicted molar refractivity (Wildman–Crippen MR) is 96.3 cm³/mol. The number of esters is 1. The Morgan fingerprint density at radius 2 is 1.93 bits per heavy atom. The number of non-ortho nitro benzene ring substituents is 1. The minimum Gasteiger partial charge on any atom is -0.448 e. The van der Waals surface area contributed by atoms with Crippen molar-refractivity contribution >= 4 is 22.6 Å². The van der Waals surface area contributed by atoms with E-state index in [4.69, 9.17) is 9.15 Å². The summed E-state index contributed by atoms with van der Waals surface area (Å²) >= 11 is 0. The fourth-order valence-electron chi connectivity index (χ4n) is 2.63. The van der Waals surface area contributed by atoms with Crippen LogP contribution in [0.3, 0.4) is 0 Å². The number of nitrogens with one attached hydrogen (secondary N) is 1. The molecule has 0 spiro atoms. The Morgan fingerprint density at radius 3 is 2.68 bits per heavy atom. The fraction of sp³-hybridized carbons (Fsp3) is 0.111. The Hall–Kier alpha value is -4.08. The first kappa shape index (κ1) is 17.3. The smallest absolute Gasteiger partial charge is 0.360 e. The molecule has 0 saturated heterocycles. The van der Waals surface area contributed by atoms with Crippen molar-refractivity contribution in [3.63, 3.8) is 0 Å². The summed E-state index contributed by atoms with van der Waals surface area (Å²) < 4.78 is 10.9. The number of H-pyrrole nitrogens is 1. The largest absolute Gasteiger partial charge is 0.448 e. The molecule has 28 heavy (non-hydrogen) atoms. The van der Waals surface area contributed by atoms with Gasteiger partial charge in [-0.3, -0.25) is 15.2 Å². The summed E-state index contributed by atoms with van der Waals surface area (Å²) in [7, 11) is 0. The summed E-state index contributed by atoms with van der Waals surface area (Å²) in [5.41, 5.74) is 1.36. The van der Waals surface area contributed by atoms with Crippen LogP contribution in [0.4, 0.5) is 5.69 Å². The molecule has 10 heteroatoms. The average molecular weight is 379 g/mol. The number of fused-ring (bicyclic) bond motifs is 1. The highest BCUT2D eigenvalue weighted by Gasteiger charge is 2.23. The van der Waals surface area contributed by atoms with Gasteiger partial charge in [-0.1, -0.05) is 18.2 Å². The first-order chi connectivity index (χ1) is 13.5. The van der Waals surface area contributed by atoms with Gasteiger partial charge in [0, 0.05) is 23.1 Å². The van der Waals surface area contributed by atoms with Gasteiger partial charge < -0.3 is 9.15 Å². The molecule has 0 aliphatic rings. The van der Waals surface area contributed by atoms with Gasteiger partial charge in [0.25, 0.3) is 11.6 Å². The zero-order chi connectivity index (χ0) is 19.7. The van der Waals surface area contributed by atoms with E-state index in [1.807, 2.05) is 6.07 Å². The summed E-state index contributed by atoms with van der Waals surface area (Å²) in [6, 6.07) is 12.9. The van der Waals surface area contributed by atoms with E-state index in [0.717, 1.165) is 5.52 Å². The van der Waals surface area contributed by atoms with Crippen molar-refractivity contribution in [3.05, 3.63) is 70.2 Å². The van der Waals surface area contributed by atoms with Crippen molar-refractivity contribution in [2.24, 2.45) is 0 Å². The average Bonchev–Trinajstić information content (AvgIpc) is 3.35. The van der Waals surface area contributed by atoms with Crippen molar-refractivity contribution in [2.45, 2.75) is 13.0 Å². The molecule has 0 aliphatic heterocycles. The molecule has 1 atom stereocenters. The van der Waals surface area contributed by atoms with Gasteiger partial charge in [0.05, 0.1) is 10.4 Å². The SMILES string of the molecule is C[C@@H](OC(=O)c1n[nH]c2ccccc12)c1nnc(-c2ccc([N+](=O)[O-])cc2)o1. The third-order valence-electron chi connectivity index (χ3n) is 4.06. The maximum atomic E-state index is 12.4. The number of carbonyl (C=O) groups excluding carboxylic acids is 1. The van der Waals surface area contributed by atoms with Crippen molar-refractivity contribution < 1.29 is 18.9 Å². The number of hydrogen-bond donors (Lipinski definition) is 1. The van der Waals surface area contributed by atoms with Crippen LogP contribution in [0.15, 0.2) is 52.9 Å². The topological polar surface area (TPSA) is 137 Å². The highest BCUT2D eigenvalue weighted by Crippen LogP contribution is 2.25. The van der Waals surface area contributed by atoms with Crippen LogP contribution in [0, 0.1) is 10.1 Å². The lowest BCUT2D eigenvalue weighted by Gasteiger charge is -2.07. The van der Waals surface area contributed by atoms with Gasteiger partial charge in [0.1, 0.15) is 0 Å². The van der Waals surface area contributed by atoms with Crippen molar-refractivity contribution in [3.8, 4) is 11.5 Å². The molecule has 0 aliphatic carbocycles. The Balaban J connectivity index is 1.50. The minimum atomic E-state index is -0.803. The molecule has 10 nitrogen and oxygen atoms in total. The molecule has 4 rings (SSSR count). The number of para-hydroxylation sites is 1. The monoisotopic (exact) mass is 379 g/mol. The fourth-order valence-corrected chi connectivity index (χ4v) is 2.63. The number of nitro benzene ring substituents is 1. The molecule has 0 bridgehead atoms. The Labute approximate surface area is 157 Å². The number of rotatable bonds is 5. The van der Waals surface area contributed by atoms with Crippen LogP contribution in [0.25, 0.3) is 22.4 Å². The van der Waals surface area contributed by atoms with Gasteiger partial charge >= 0.3 is 5.97 Å². The molecule has 0 radical (unpaired) electrons. The number of benzene rings is 2. The first-order valence-electron chi connectivity index (χ1n) is 8.25. The summed E-state index contributed by atoms with van der Waals surface area (Å²) in [4.78, 5) is 22.6. The van der Waals surface area contributed by atoms with E-state index in [0.29, 0.717) is 10.9 Å². The summed E-state index contributed by atoms with van der Waals surface area (Å²) in [5, 5.41) is 25.9. The molecular weight excluding hydrogens is 366 g/mol. The van der Waals surface area contributed by atoms with Crippen LogP contribution < -0.4 is 0 Å². The lowest BCUT2D eigenvalue weighted by atomic mass is 10.2. The molecule has 4 aromatic rings. The molecule has 140 valence electrons. The van der Waals surface area contributed by atoms with Gasteiger partial charge in [-0.05, 0) is 25.1 Å². The quantitative estimate of drug-likeness (QED) is 0.316. The Bertz CT molecular complexity index is 1160. The molecule has 1 N–H and O–H groups in total. The zero-order valence-electron chi connectivity index (χ0n) is 14.5. The second-order valence-corrected chi connectivity index (χ2v) is 5.91. The first-order valence-corrected chi connectivity index (χ1v) is 8.25. The van der Waals surface area contributed by atoms with Gasteiger partial charge in [0.2, 0.25) is 5.89 Å². The second kappa shape index (κ2) is 6.91. The van der Waals surface area contributed by atoms with Crippen LogP contribution in [-0.2, 0) is 4.74 Å². The van der Waals surface area contributed by atoms with Crippen molar-refractivity contribution in [2.75, 3.05) is 0 Å². The van der Waals surface area contributed by atoms with Crippen LogP contribution in [0.1, 0.15) is 29.4 Å². The number of aromatic amines is 1. The van der Waals surface area contributed by atoms with Gasteiger partial charge in [-0.2, -0.15) is 5.10 Å². The number of nitro groups is 1. The van der Waals surface area contributed by atoms with Gasteiger partial charge in [-0.15, -0.1) is 10.2 Å². The number of nitrogens with zero attached hydrogens (tertiary/aromatic N) is 4. The standard InChI is InChI=1S/C18H13N5O5/c1-10(27-18(24)15-13-4-2-3-5-14(13)19-20-15)16-21-22-17(28-16)11-6-8-12(9-7-11)23(25)26/h2-10H,1H3,(H,19,20)/t10-/m1/s1. The lowest BCUT2D eigenvalue weighted by molar-refractivity contribution is -0.384. The highest BCUT2D eigenvalue weighted by molar-refractivity contribution is 6.01. The molecule has 0 unspecified atom stereocenters. The van der Waals surface area contributed by atoms with E-state index < -0.39 is 17.0 Å². The number of ether oxygens (including phenoxy) is 1. The van der Waals surface area contributed by atoms with Crippen molar-refractivity contribution in [1.82, 2.24) is 20.4 Å².